The van der Waals surface area contributed by atoms with Crippen LogP contribution in [0.25, 0.3) is 66.1 Å². The maximum Gasteiger partial charge on any atom is 0.0723 e. The van der Waals surface area contributed by atoms with E-state index in [1.165, 1.54) is 99.6 Å². The Morgan fingerprint density at radius 1 is 0.460 bits per heavy atom. The molecule has 1 aromatic heterocycles. The van der Waals surface area contributed by atoms with Gasteiger partial charge in [0, 0.05) is 22.1 Å². The van der Waals surface area contributed by atoms with E-state index in [1.807, 2.05) is 0 Å². The molecular weight excluding hydrogens is 761 g/mol. The molecule has 0 aliphatic heterocycles. The highest BCUT2D eigenvalue weighted by Gasteiger charge is 2.54. The van der Waals surface area contributed by atoms with Gasteiger partial charge in [-0.2, -0.15) is 0 Å². The second-order valence-electron chi connectivity index (χ2n) is 18.1. The third-order valence-electron chi connectivity index (χ3n) is 14.7. The summed E-state index contributed by atoms with van der Waals surface area (Å²) in [7, 11) is 0. The van der Waals surface area contributed by atoms with Gasteiger partial charge in [-0.25, -0.2) is 0 Å². The Kier molecular flexibility index (Phi) is 7.94. The smallest absolute Gasteiger partial charge is 0.0723 e. The van der Waals surface area contributed by atoms with E-state index in [1.54, 1.807) is 0 Å². The highest BCUT2D eigenvalue weighted by atomic mass is 15.2. The minimum atomic E-state index is -0.381. The van der Waals surface area contributed by atoms with E-state index in [0.717, 1.165) is 0 Å². The minimum absolute atomic E-state index is 0.103. The Balaban J connectivity index is 0.984. The van der Waals surface area contributed by atoms with Crippen molar-refractivity contribution in [1.82, 2.24) is 4.57 Å². The van der Waals surface area contributed by atoms with Crippen molar-refractivity contribution in [1.29, 1.82) is 0 Å². The van der Waals surface area contributed by atoms with Crippen molar-refractivity contribution in [2.45, 2.75) is 31.3 Å². The average Bonchev–Trinajstić information content (AvgIpc) is 3.93. The molecule has 2 nitrogen and oxygen atoms in total. The first-order valence-corrected chi connectivity index (χ1v) is 22.6. The van der Waals surface area contributed by atoms with Gasteiger partial charge in [0.2, 0.25) is 0 Å². The first-order valence-electron chi connectivity index (χ1n) is 22.6. The second-order valence-corrected chi connectivity index (χ2v) is 18.1. The number of para-hydroxylation sites is 1. The molecule has 0 saturated heterocycles. The van der Waals surface area contributed by atoms with Gasteiger partial charge >= 0.3 is 0 Å². The number of nitrogens with zero attached hydrogens (tertiary/aromatic N) is 2. The Hall–Kier alpha value is -7.42. The van der Waals surface area contributed by atoms with Crippen molar-refractivity contribution < 1.29 is 0 Å². The average molecular weight is 807 g/mol. The summed E-state index contributed by atoms with van der Waals surface area (Å²) >= 11 is 0. The highest BCUT2D eigenvalue weighted by molar-refractivity contribution is 6.10. The predicted molar refractivity (Wildman–Crippen MR) is 265 cm³/mol. The molecule has 1 heterocycles. The fourth-order valence-corrected chi connectivity index (χ4v) is 12.0. The number of aromatic nitrogens is 1. The van der Waals surface area contributed by atoms with Gasteiger partial charge in [0.1, 0.15) is 0 Å². The van der Waals surface area contributed by atoms with Crippen LogP contribution in [0.2, 0.25) is 0 Å². The van der Waals surface area contributed by atoms with Crippen molar-refractivity contribution in [3.8, 4) is 27.9 Å². The number of fused-ring (bicyclic) bond motifs is 14. The van der Waals surface area contributed by atoms with Crippen molar-refractivity contribution >= 4 is 43.8 Å². The summed E-state index contributed by atoms with van der Waals surface area (Å²) in [6.45, 7) is 4.80. The SMILES string of the molecule is CC1C=CC=CC1N(c1cccc(-c2ccc3c4ccccc4n(-c4ccc5ccccc5c4)c3c2)c1)C1C=C2C(=CC1C)c1ccccc1C21c2ccccc2-c2ccccc21. The lowest BCUT2D eigenvalue weighted by Crippen LogP contribution is -2.49. The summed E-state index contributed by atoms with van der Waals surface area (Å²) in [5.74, 6) is 0.578. The van der Waals surface area contributed by atoms with Gasteiger partial charge in [-0.05, 0) is 115 Å². The third-order valence-corrected chi connectivity index (χ3v) is 14.7. The lowest BCUT2D eigenvalue weighted by Gasteiger charge is -2.45. The molecular formula is C61H46N2. The van der Waals surface area contributed by atoms with Gasteiger partial charge < -0.3 is 9.47 Å². The minimum Gasteiger partial charge on any atom is -0.357 e. The third kappa shape index (κ3) is 5.19. The zero-order chi connectivity index (χ0) is 41.8. The molecule has 9 aromatic rings. The van der Waals surface area contributed by atoms with Crippen LogP contribution in [0.15, 0.2) is 224 Å². The van der Waals surface area contributed by atoms with E-state index >= 15 is 0 Å². The van der Waals surface area contributed by atoms with E-state index in [2.05, 4.69) is 242 Å². The number of rotatable bonds is 5. The standard InChI is InChI=1S/C61H46N2/c1-39-16-3-13-28-57(39)62(59-38-56-52(34-40(59)2)49-23-8-12-27-55(49)61(56)53-25-10-6-21-47(53)48-22-7-11-26-54(48)61)45-20-15-19-43(36-45)44-31-33-51-50-24-9-14-29-58(50)63(60(51)37-44)46-32-30-41-17-4-5-18-42(41)35-46/h3-40,57,59H,1-2H3. The van der Waals surface area contributed by atoms with Gasteiger partial charge in [0.15, 0.2) is 0 Å². The van der Waals surface area contributed by atoms with Crippen LogP contribution in [-0.4, -0.2) is 16.7 Å². The maximum absolute atomic E-state index is 2.74. The van der Waals surface area contributed by atoms with Gasteiger partial charge in [-0.1, -0.05) is 196 Å². The van der Waals surface area contributed by atoms with Crippen LogP contribution in [-0.2, 0) is 5.41 Å². The quantitative estimate of drug-likeness (QED) is 0.168. The van der Waals surface area contributed by atoms with Gasteiger partial charge in [-0.15, -0.1) is 0 Å². The summed E-state index contributed by atoms with van der Waals surface area (Å²) in [5.41, 5.74) is 17.9. The van der Waals surface area contributed by atoms with E-state index in [9.17, 15) is 0 Å². The van der Waals surface area contributed by atoms with Crippen LogP contribution in [0, 0.1) is 11.8 Å². The molecule has 13 rings (SSSR count). The Labute approximate surface area is 369 Å². The fraction of sp³-hybridized carbons (Fsp3) is 0.115. The number of benzene rings is 8. The van der Waals surface area contributed by atoms with Gasteiger partial charge in [0.05, 0.1) is 28.5 Å². The summed E-state index contributed by atoms with van der Waals surface area (Å²) in [6, 6.07) is 68.5. The van der Waals surface area contributed by atoms with Crippen LogP contribution < -0.4 is 4.90 Å². The molecule has 0 bridgehead atoms. The van der Waals surface area contributed by atoms with Crippen LogP contribution >= 0.6 is 0 Å². The summed E-state index contributed by atoms with van der Waals surface area (Å²) < 4.78 is 2.45. The monoisotopic (exact) mass is 806 g/mol. The van der Waals surface area contributed by atoms with E-state index < -0.39 is 0 Å². The van der Waals surface area contributed by atoms with E-state index in [0.29, 0.717) is 5.92 Å². The van der Waals surface area contributed by atoms with Crippen LogP contribution in [0.1, 0.15) is 36.1 Å². The molecule has 0 saturated carbocycles. The molecule has 0 amide bonds. The molecule has 1 spiro atoms. The first kappa shape index (κ1) is 36.3. The molecule has 4 unspecified atom stereocenters. The fourth-order valence-electron chi connectivity index (χ4n) is 12.0. The summed E-state index contributed by atoms with van der Waals surface area (Å²) in [6.07, 6.45) is 14.5. The summed E-state index contributed by atoms with van der Waals surface area (Å²) in [5, 5.41) is 5.03. The molecule has 4 aliphatic rings. The summed E-state index contributed by atoms with van der Waals surface area (Å²) in [4.78, 5) is 2.74. The van der Waals surface area contributed by atoms with Crippen LogP contribution in [0.5, 0.6) is 0 Å². The number of anilines is 1. The Bertz CT molecular complexity index is 3430. The molecule has 2 heteroatoms. The van der Waals surface area contributed by atoms with E-state index in [4.69, 9.17) is 0 Å². The molecule has 63 heavy (non-hydrogen) atoms. The van der Waals surface area contributed by atoms with E-state index in [-0.39, 0.29) is 23.4 Å². The number of hydrogen-bond donors (Lipinski definition) is 0. The topological polar surface area (TPSA) is 8.17 Å². The van der Waals surface area contributed by atoms with Crippen LogP contribution in [0.3, 0.4) is 0 Å². The lowest BCUT2D eigenvalue weighted by molar-refractivity contribution is 0.475. The Morgan fingerprint density at radius 2 is 1.11 bits per heavy atom. The number of hydrogen-bond acceptors (Lipinski definition) is 1. The number of allylic oxidation sites excluding steroid dienone is 4. The van der Waals surface area contributed by atoms with Crippen molar-refractivity contribution in [2.24, 2.45) is 11.8 Å². The molecule has 8 aromatic carbocycles. The molecule has 300 valence electrons. The van der Waals surface area contributed by atoms with Crippen molar-refractivity contribution in [3.63, 3.8) is 0 Å². The van der Waals surface area contributed by atoms with Crippen LogP contribution in [0.4, 0.5) is 5.69 Å². The molecule has 4 atom stereocenters. The maximum atomic E-state index is 2.74. The van der Waals surface area contributed by atoms with Gasteiger partial charge in [-0.3, -0.25) is 0 Å². The largest absolute Gasteiger partial charge is 0.357 e. The second kappa shape index (κ2) is 13.8. The molecule has 0 N–H and O–H groups in total. The highest BCUT2D eigenvalue weighted by Crippen LogP contribution is 2.64. The molecule has 4 aliphatic carbocycles. The molecule has 0 radical (unpaired) electrons. The predicted octanol–water partition coefficient (Wildman–Crippen LogP) is 14.9. The van der Waals surface area contributed by atoms with Crippen molar-refractivity contribution in [3.05, 3.63) is 246 Å². The first-order chi connectivity index (χ1) is 31.1. The lowest BCUT2D eigenvalue weighted by atomic mass is 9.68. The zero-order valence-electron chi connectivity index (χ0n) is 35.5. The van der Waals surface area contributed by atoms with Gasteiger partial charge in [0.25, 0.3) is 0 Å². The Morgan fingerprint density at radius 3 is 1.90 bits per heavy atom. The zero-order valence-corrected chi connectivity index (χ0v) is 35.5. The molecule has 0 fully saturated rings. The normalized spacial score (nSPS) is 20.1. The van der Waals surface area contributed by atoms with Crippen molar-refractivity contribution in [2.75, 3.05) is 4.90 Å².